The molecule has 0 spiro atoms. The van der Waals surface area contributed by atoms with Gasteiger partial charge in [-0.3, -0.25) is 14.2 Å². The monoisotopic (exact) mass is 393 g/mol. The third-order valence-electron chi connectivity index (χ3n) is 4.33. The summed E-state index contributed by atoms with van der Waals surface area (Å²) in [6, 6.07) is 15.3. The maximum Gasteiger partial charge on any atom is 0.262 e. The van der Waals surface area contributed by atoms with E-state index in [0.717, 1.165) is 11.1 Å². The number of hydrogen-bond acceptors (Lipinski definition) is 4. The lowest BCUT2D eigenvalue weighted by Gasteiger charge is -2.08. The van der Waals surface area contributed by atoms with Crippen LogP contribution in [0.4, 0.5) is 10.1 Å². The molecule has 0 unspecified atom stereocenters. The molecule has 0 radical (unpaired) electrons. The highest BCUT2D eigenvalue weighted by Crippen LogP contribution is 2.30. The van der Waals surface area contributed by atoms with E-state index in [1.165, 1.54) is 40.4 Å². The number of anilines is 1. The van der Waals surface area contributed by atoms with E-state index >= 15 is 0 Å². The number of amides is 1. The Morgan fingerprint density at radius 1 is 1.14 bits per heavy atom. The topological polar surface area (TPSA) is 64.0 Å². The minimum absolute atomic E-state index is 0.0778. The van der Waals surface area contributed by atoms with Crippen LogP contribution in [0.3, 0.4) is 0 Å². The first-order chi connectivity index (χ1) is 13.6. The maximum absolute atomic E-state index is 13.2. The Morgan fingerprint density at radius 2 is 1.96 bits per heavy atom. The number of fused-ring (bicyclic) bond motifs is 1. The van der Waals surface area contributed by atoms with Gasteiger partial charge in [-0.15, -0.1) is 11.3 Å². The normalized spacial score (nSPS) is 10.9. The minimum Gasteiger partial charge on any atom is -0.326 e. The summed E-state index contributed by atoms with van der Waals surface area (Å²) < 4.78 is 14.6. The van der Waals surface area contributed by atoms with Gasteiger partial charge in [0, 0.05) is 29.6 Å². The van der Waals surface area contributed by atoms with Gasteiger partial charge < -0.3 is 5.32 Å². The summed E-state index contributed by atoms with van der Waals surface area (Å²) in [6.07, 6.45) is 1.54. The van der Waals surface area contributed by atoms with Gasteiger partial charge in [-0.25, -0.2) is 9.37 Å². The average Bonchev–Trinajstić information content (AvgIpc) is 3.13. The molecule has 0 aliphatic heterocycles. The van der Waals surface area contributed by atoms with Gasteiger partial charge in [0.1, 0.15) is 10.6 Å². The Bertz CT molecular complexity index is 1200. The second-order valence-corrected chi connectivity index (χ2v) is 7.11. The van der Waals surface area contributed by atoms with Crippen LogP contribution in [0.1, 0.15) is 6.42 Å². The highest BCUT2D eigenvalue weighted by atomic mass is 32.1. The van der Waals surface area contributed by atoms with Crippen LogP contribution in [0.25, 0.3) is 21.3 Å². The zero-order valence-corrected chi connectivity index (χ0v) is 15.6. The molecule has 0 fully saturated rings. The first-order valence-corrected chi connectivity index (χ1v) is 9.57. The quantitative estimate of drug-likeness (QED) is 0.550. The van der Waals surface area contributed by atoms with Crippen molar-refractivity contribution in [3.8, 4) is 11.1 Å². The van der Waals surface area contributed by atoms with E-state index in [4.69, 9.17) is 0 Å². The summed E-state index contributed by atoms with van der Waals surface area (Å²) in [7, 11) is 0. The number of aryl methyl sites for hydroxylation is 1. The first kappa shape index (κ1) is 18.1. The fourth-order valence-electron chi connectivity index (χ4n) is 2.97. The molecule has 0 saturated heterocycles. The van der Waals surface area contributed by atoms with Gasteiger partial charge in [-0.2, -0.15) is 0 Å². The highest BCUT2D eigenvalue weighted by molar-refractivity contribution is 7.17. The van der Waals surface area contributed by atoms with Gasteiger partial charge in [-0.1, -0.05) is 36.4 Å². The van der Waals surface area contributed by atoms with Crippen LogP contribution in [0.2, 0.25) is 0 Å². The molecule has 140 valence electrons. The molecule has 2 heterocycles. The number of carbonyl (C=O) groups excluding carboxylic acids is 1. The van der Waals surface area contributed by atoms with Crippen molar-refractivity contribution >= 4 is 33.1 Å². The SMILES string of the molecule is O=C(CCn1cnc2scc(-c3ccccc3)c2c1=O)Nc1cccc(F)c1. The summed E-state index contributed by atoms with van der Waals surface area (Å²) in [4.78, 5) is 30.1. The minimum atomic E-state index is -0.422. The van der Waals surface area contributed by atoms with E-state index in [2.05, 4.69) is 10.3 Å². The van der Waals surface area contributed by atoms with E-state index in [-0.39, 0.29) is 24.4 Å². The number of thiophene rings is 1. The Morgan fingerprint density at radius 3 is 2.75 bits per heavy atom. The van der Waals surface area contributed by atoms with Gasteiger partial charge in [0.25, 0.3) is 5.56 Å². The van der Waals surface area contributed by atoms with E-state index in [0.29, 0.717) is 15.9 Å². The summed E-state index contributed by atoms with van der Waals surface area (Å²) >= 11 is 1.42. The molecular weight excluding hydrogens is 377 g/mol. The second-order valence-electron chi connectivity index (χ2n) is 6.25. The number of carbonyl (C=O) groups is 1. The number of nitrogens with zero attached hydrogens (tertiary/aromatic N) is 2. The van der Waals surface area contributed by atoms with Gasteiger partial charge >= 0.3 is 0 Å². The predicted molar refractivity (Wildman–Crippen MR) is 109 cm³/mol. The number of aromatic nitrogens is 2. The van der Waals surface area contributed by atoms with Crippen LogP contribution in [-0.4, -0.2) is 15.5 Å². The number of hydrogen-bond donors (Lipinski definition) is 1. The summed E-state index contributed by atoms with van der Waals surface area (Å²) in [5, 5.41) is 5.11. The van der Waals surface area contributed by atoms with Gasteiger partial charge in [0.2, 0.25) is 5.91 Å². The fraction of sp³-hybridized carbons (Fsp3) is 0.0952. The van der Waals surface area contributed by atoms with E-state index < -0.39 is 5.82 Å². The van der Waals surface area contributed by atoms with Crippen molar-refractivity contribution < 1.29 is 9.18 Å². The highest BCUT2D eigenvalue weighted by Gasteiger charge is 2.13. The lowest BCUT2D eigenvalue weighted by molar-refractivity contribution is -0.116. The standard InChI is InChI=1S/C21H16FN3O2S/c22-15-7-4-8-16(11-15)24-18(26)9-10-25-13-23-20-19(21(25)27)17(12-28-20)14-5-2-1-3-6-14/h1-8,11-13H,9-10H2,(H,24,26). The number of halogens is 1. The number of rotatable bonds is 5. The number of benzene rings is 2. The maximum atomic E-state index is 13.2. The molecule has 0 atom stereocenters. The van der Waals surface area contributed by atoms with E-state index in [9.17, 15) is 14.0 Å². The van der Waals surface area contributed by atoms with E-state index in [1.54, 1.807) is 6.07 Å². The van der Waals surface area contributed by atoms with Crippen molar-refractivity contribution in [2.75, 3.05) is 5.32 Å². The predicted octanol–water partition coefficient (Wildman–Crippen LogP) is 4.29. The Balaban J connectivity index is 1.55. The third-order valence-corrected chi connectivity index (χ3v) is 5.22. The van der Waals surface area contributed by atoms with Crippen molar-refractivity contribution in [3.63, 3.8) is 0 Å². The van der Waals surface area contributed by atoms with Crippen LogP contribution in [-0.2, 0) is 11.3 Å². The number of nitrogens with one attached hydrogen (secondary N) is 1. The van der Waals surface area contributed by atoms with Crippen LogP contribution >= 0.6 is 11.3 Å². The van der Waals surface area contributed by atoms with Gasteiger partial charge in [-0.05, 0) is 23.8 Å². The Hall–Kier alpha value is -3.32. The molecule has 5 nitrogen and oxygen atoms in total. The molecule has 0 bridgehead atoms. The zero-order chi connectivity index (χ0) is 19.5. The smallest absolute Gasteiger partial charge is 0.262 e. The molecule has 4 rings (SSSR count). The molecule has 0 saturated carbocycles. The molecule has 4 aromatic rings. The van der Waals surface area contributed by atoms with Crippen molar-refractivity contribution in [2.24, 2.45) is 0 Å². The third kappa shape index (κ3) is 3.70. The molecule has 28 heavy (non-hydrogen) atoms. The van der Waals surface area contributed by atoms with Crippen LogP contribution < -0.4 is 10.9 Å². The van der Waals surface area contributed by atoms with Gasteiger partial charge in [0.05, 0.1) is 11.7 Å². The van der Waals surface area contributed by atoms with Crippen molar-refractivity contribution in [2.45, 2.75) is 13.0 Å². The second kappa shape index (κ2) is 7.74. The van der Waals surface area contributed by atoms with Gasteiger partial charge in [0.15, 0.2) is 0 Å². The Labute approximate surface area is 164 Å². The summed E-state index contributed by atoms with van der Waals surface area (Å²) in [5.74, 6) is -0.722. The largest absolute Gasteiger partial charge is 0.326 e. The molecule has 0 aliphatic carbocycles. The first-order valence-electron chi connectivity index (χ1n) is 8.69. The van der Waals surface area contributed by atoms with E-state index in [1.807, 2.05) is 35.7 Å². The summed E-state index contributed by atoms with van der Waals surface area (Å²) in [5.41, 5.74) is 2.00. The molecule has 7 heteroatoms. The van der Waals surface area contributed by atoms with Crippen LogP contribution in [0.15, 0.2) is 71.1 Å². The molecule has 1 amide bonds. The van der Waals surface area contributed by atoms with Crippen LogP contribution in [0.5, 0.6) is 0 Å². The van der Waals surface area contributed by atoms with Crippen molar-refractivity contribution in [1.29, 1.82) is 0 Å². The van der Waals surface area contributed by atoms with Crippen molar-refractivity contribution in [3.05, 3.63) is 82.5 Å². The molecule has 0 aliphatic rings. The molecular formula is C21H16FN3O2S. The zero-order valence-electron chi connectivity index (χ0n) is 14.8. The Kier molecular flexibility index (Phi) is 4.99. The summed E-state index contributed by atoms with van der Waals surface area (Å²) in [6.45, 7) is 0.187. The molecule has 2 aromatic carbocycles. The lowest BCUT2D eigenvalue weighted by Crippen LogP contribution is -2.23. The lowest BCUT2D eigenvalue weighted by atomic mass is 10.1. The average molecular weight is 393 g/mol. The molecule has 2 aromatic heterocycles. The van der Waals surface area contributed by atoms with Crippen molar-refractivity contribution in [1.82, 2.24) is 9.55 Å². The fourth-order valence-corrected chi connectivity index (χ4v) is 3.88. The molecule has 1 N–H and O–H groups in total. The van der Waals surface area contributed by atoms with Crippen LogP contribution in [0, 0.1) is 5.82 Å².